The second-order valence-electron chi connectivity index (χ2n) is 12.5. The van der Waals surface area contributed by atoms with Crippen molar-refractivity contribution in [2.75, 3.05) is 0 Å². The molecule has 0 aromatic carbocycles. The van der Waals surface area contributed by atoms with Crippen LogP contribution in [0.15, 0.2) is 0 Å². The smallest absolute Gasteiger partial charge is 0.405 e. The van der Waals surface area contributed by atoms with Crippen LogP contribution in [-0.2, 0) is 53.0 Å². The van der Waals surface area contributed by atoms with Gasteiger partial charge in [-0.3, -0.25) is 23.7 Å². The van der Waals surface area contributed by atoms with Gasteiger partial charge < -0.3 is 23.7 Å². The topological polar surface area (TPSA) is 169 Å². The van der Waals surface area contributed by atoms with E-state index < -0.39 is 93.8 Å². The van der Waals surface area contributed by atoms with Crippen molar-refractivity contribution in [2.45, 2.75) is 113 Å². The first-order valence-electron chi connectivity index (χ1n) is 14.5. The molecule has 3 aliphatic heterocycles. The van der Waals surface area contributed by atoms with E-state index in [1.54, 1.807) is 0 Å². The number of rotatable bonds is 10. The zero-order valence-corrected chi connectivity index (χ0v) is 23.8. The summed E-state index contributed by atoms with van der Waals surface area (Å²) in [4.78, 5) is 51.2. The molecule has 3 aliphatic carbocycles. The molecule has 6 rings (SSSR count). The van der Waals surface area contributed by atoms with E-state index in [2.05, 4.69) is 4.74 Å². The third kappa shape index (κ3) is 4.79. The fraction of sp³-hybridized carbons (Fsp3) is 0.852. The normalized spacial score (nSPS) is 38.4. The Morgan fingerprint density at radius 2 is 1.79 bits per heavy atom. The molecule has 10 atom stereocenters. The SMILES string of the molecule is CC(OC(=O)CCC(=O)OC1C2CC3C1OC(=O)C3C2C(=O)OC1(C2CC3CCC2O3)CCCC1)C(F)(F)S(=O)(=O)O. The summed E-state index contributed by atoms with van der Waals surface area (Å²) in [5.74, 6) is -5.50. The van der Waals surface area contributed by atoms with Crippen molar-refractivity contribution in [1.82, 2.24) is 0 Å². The summed E-state index contributed by atoms with van der Waals surface area (Å²) in [6, 6.07) is 0. The van der Waals surface area contributed by atoms with Crippen LogP contribution in [0.5, 0.6) is 0 Å². The summed E-state index contributed by atoms with van der Waals surface area (Å²) >= 11 is 0. The lowest BCUT2D eigenvalue weighted by Crippen LogP contribution is -2.49. The maximum absolute atomic E-state index is 13.8. The molecule has 3 saturated carbocycles. The number of ether oxygens (including phenoxy) is 5. The quantitative estimate of drug-likeness (QED) is 0.215. The van der Waals surface area contributed by atoms with E-state index in [-0.39, 0.29) is 24.0 Å². The maximum atomic E-state index is 13.8. The molecule has 0 aromatic heterocycles. The van der Waals surface area contributed by atoms with Crippen LogP contribution in [0.3, 0.4) is 0 Å². The molecule has 0 radical (unpaired) electrons. The van der Waals surface area contributed by atoms with Gasteiger partial charge in [0.2, 0.25) is 0 Å². The molecule has 6 fully saturated rings. The molecule has 10 unspecified atom stereocenters. The minimum absolute atomic E-state index is 0.0596. The Morgan fingerprint density at radius 3 is 2.40 bits per heavy atom. The Morgan fingerprint density at radius 1 is 1.10 bits per heavy atom. The predicted octanol–water partition coefficient (Wildman–Crippen LogP) is 2.32. The fourth-order valence-electron chi connectivity index (χ4n) is 8.40. The van der Waals surface area contributed by atoms with Gasteiger partial charge in [0.15, 0.2) is 6.10 Å². The predicted molar refractivity (Wildman–Crippen MR) is 133 cm³/mol. The first-order valence-corrected chi connectivity index (χ1v) is 16.0. The Bertz CT molecular complexity index is 1260. The summed E-state index contributed by atoms with van der Waals surface area (Å²) in [5, 5.41) is -4.74. The molecule has 12 nitrogen and oxygen atoms in total. The number of halogens is 2. The van der Waals surface area contributed by atoms with E-state index in [9.17, 15) is 36.4 Å². The Hall–Kier alpha value is -2.39. The highest BCUT2D eigenvalue weighted by Crippen LogP contribution is 2.60. The van der Waals surface area contributed by atoms with Crippen molar-refractivity contribution in [3.8, 4) is 0 Å². The van der Waals surface area contributed by atoms with Crippen LogP contribution < -0.4 is 0 Å². The number of alkyl halides is 2. The zero-order chi connectivity index (χ0) is 30.2. The second kappa shape index (κ2) is 10.4. The minimum atomic E-state index is -5.83. The summed E-state index contributed by atoms with van der Waals surface area (Å²) < 4.78 is 85.5. The monoisotopic (exact) mass is 620 g/mol. The first-order chi connectivity index (χ1) is 19.7. The molecule has 0 spiro atoms. The molecule has 4 bridgehead atoms. The third-order valence-corrected chi connectivity index (χ3v) is 11.3. The van der Waals surface area contributed by atoms with Gasteiger partial charge in [0.25, 0.3) is 0 Å². The molecule has 0 amide bonds. The molecule has 3 heterocycles. The standard InChI is InChI=1S/C27H34F2O12S/c1-12(27(28,29)42(34,35)36)37-18(30)6-7-19(31)39-22-15-11-14-20(24(32)40-23(14)22)21(15)25(33)41-26(8-2-3-9-26)16-10-13-4-5-17(16)38-13/h12-17,20-23H,2-11H2,1H3,(H,34,35,36). The van der Waals surface area contributed by atoms with Crippen molar-refractivity contribution in [3.05, 3.63) is 0 Å². The molecule has 3 saturated heterocycles. The first kappa shape index (κ1) is 29.7. The highest BCUT2D eigenvalue weighted by molar-refractivity contribution is 7.86. The van der Waals surface area contributed by atoms with Crippen molar-refractivity contribution in [1.29, 1.82) is 0 Å². The van der Waals surface area contributed by atoms with E-state index in [4.69, 9.17) is 23.5 Å². The van der Waals surface area contributed by atoms with Gasteiger partial charge >= 0.3 is 39.2 Å². The van der Waals surface area contributed by atoms with Crippen LogP contribution in [-0.4, -0.2) is 78.2 Å². The van der Waals surface area contributed by atoms with Gasteiger partial charge in [-0.25, -0.2) is 0 Å². The van der Waals surface area contributed by atoms with Crippen molar-refractivity contribution in [3.63, 3.8) is 0 Å². The number of carbonyl (C=O) groups excluding carboxylic acids is 4. The van der Waals surface area contributed by atoms with E-state index in [1.807, 2.05) is 0 Å². The van der Waals surface area contributed by atoms with Crippen molar-refractivity contribution >= 4 is 34.0 Å². The highest BCUT2D eigenvalue weighted by Gasteiger charge is 2.71. The fourth-order valence-corrected chi connectivity index (χ4v) is 8.87. The number of fused-ring (bicyclic) bond motifs is 3. The highest BCUT2D eigenvalue weighted by atomic mass is 32.2. The number of esters is 4. The lowest BCUT2D eigenvalue weighted by molar-refractivity contribution is -0.182. The van der Waals surface area contributed by atoms with Gasteiger partial charge in [0, 0.05) is 17.8 Å². The summed E-state index contributed by atoms with van der Waals surface area (Å²) in [6.45, 7) is 0.587. The Labute approximate surface area is 240 Å². The van der Waals surface area contributed by atoms with E-state index in [0.29, 0.717) is 13.3 Å². The maximum Gasteiger partial charge on any atom is 0.405 e. The van der Waals surface area contributed by atoms with Crippen LogP contribution in [0, 0.1) is 29.6 Å². The summed E-state index contributed by atoms with van der Waals surface area (Å²) in [5.41, 5.74) is -0.642. The largest absolute Gasteiger partial charge is 0.458 e. The molecular weight excluding hydrogens is 586 g/mol. The molecular formula is C27H34F2O12S. The van der Waals surface area contributed by atoms with E-state index in [1.165, 1.54) is 0 Å². The lowest BCUT2D eigenvalue weighted by Gasteiger charge is -2.40. The van der Waals surface area contributed by atoms with Gasteiger partial charge in [0.05, 0.1) is 36.9 Å². The van der Waals surface area contributed by atoms with Gasteiger partial charge in [-0.1, -0.05) is 0 Å². The van der Waals surface area contributed by atoms with E-state index >= 15 is 0 Å². The number of hydrogen-bond acceptors (Lipinski definition) is 11. The molecule has 1 N–H and O–H groups in total. The van der Waals surface area contributed by atoms with Gasteiger partial charge in [-0.05, 0) is 58.3 Å². The molecule has 42 heavy (non-hydrogen) atoms. The van der Waals surface area contributed by atoms with Gasteiger partial charge in [0.1, 0.15) is 17.8 Å². The molecule has 234 valence electrons. The zero-order valence-electron chi connectivity index (χ0n) is 22.9. The second-order valence-corrected chi connectivity index (χ2v) is 14.0. The molecule has 6 aliphatic rings. The number of carbonyl (C=O) groups is 4. The Balaban J connectivity index is 1.09. The van der Waals surface area contributed by atoms with E-state index in [0.717, 1.165) is 44.9 Å². The Kier molecular flexibility index (Phi) is 7.32. The van der Waals surface area contributed by atoms with Crippen LogP contribution in [0.2, 0.25) is 0 Å². The van der Waals surface area contributed by atoms with Crippen LogP contribution >= 0.6 is 0 Å². The number of hydrogen-bond donors (Lipinski definition) is 1. The van der Waals surface area contributed by atoms with Gasteiger partial charge in [-0.15, -0.1) is 0 Å². The summed E-state index contributed by atoms with van der Waals surface area (Å²) in [6.07, 6.45) is 1.31. The van der Waals surface area contributed by atoms with Gasteiger partial charge in [-0.2, -0.15) is 17.2 Å². The lowest BCUT2D eigenvalue weighted by atomic mass is 9.75. The average molecular weight is 621 g/mol. The average Bonchev–Trinajstić information content (AvgIpc) is 3.74. The third-order valence-electron chi connectivity index (χ3n) is 10.3. The van der Waals surface area contributed by atoms with Crippen LogP contribution in [0.4, 0.5) is 8.78 Å². The van der Waals surface area contributed by atoms with Crippen LogP contribution in [0.25, 0.3) is 0 Å². The minimum Gasteiger partial charge on any atom is -0.458 e. The summed E-state index contributed by atoms with van der Waals surface area (Å²) in [7, 11) is -5.83. The van der Waals surface area contributed by atoms with Crippen LogP contribution in [0.1, 0.15) is 71.1 Å². The molecule has 0 aromatic rings. The van der Waals surface area contributed by atoms with Crippen molar-refractivity contribution in [2.24, 2.45) is 29.6 Å². The molecule has 15 heteroatoms. The van der Waals surface area contributed by atoms with Crippen molar-refractivity contribution < 1.29 is 64.6 Å².